The Morgan fingerprint density at radius 1 is 0.931 bits per heavy atom. The molecule has 0 aliphatic heterocycles. The van der Waals surface area contributed by atoms with Crippen LogP contribution in [0.25, 0.3) is 0 Å². The molecule has 0 unspecified atom stereocenters. The second kappa shape index (κ2) is 9.84. The molecule has 1 aromatic heterocycles. The highest BCUT2D eigenvalue weighted by atomic mass is 32.1. The molecule has 0 fully saturated rings. The van der Waals surface area contributed by atoms with E-state index < -0.39 is 0 Å². The largest absolute Gasteiger partial charge is 0.339 e. The molecule has 3 rings (SSSR count). The van der Waals surface area contributed by atoms with Gasteiger partial charge in [-0.15, -0.1) is 11.3 Å². The molecule has 0 aliphatic rings. The summed E-state index contributed by atoms with van der Waals surface area (Å²) in [7, 11) is 0. The molecule has 7 heteroatoms. The van der Waals surface area contributed by atoms with Gasteiger partial charge in [0.25, 0.3) is 0 Å². The fraction of sp³-hybridized carbons (Fsp3) is 0.227. The van der Waals surface area contributed by atoms with E-state index >= 15 is 0 Å². The number of nitrogens with zero attached hydrogens (tertiary/aromatic N) is 2. The maximum absolute atomic E-state index is 12.2. The summed E-state index contributed by atoms with van der Waals surface area (Å²) in [6.45, 7) is 4.28. The first kappa shape index (κ1) is 20.5. The van der Waals surface area contributed by atoms with Crippen molar-refractivity contribution in [3.8, 4) is 0 Å². The van der Waals surface area contributed by atoms with Gasteiger partial charge in [-0.1, -0.05) is 18.2 Å². The minimum Gasteiger partial charge on any atom is -0.339 e. The lowest BCUT2D eigenvalue weighted by atomic mass is 10.1. The Labute approximate surface area is 174 Å². The molecule has 2 aromatic carbocycles. The quantitative estimate of drug-likeness (QED) is 0.547. The standard InChI is InChI=1S/C22H24N4O2S/c1-16(2)26(18-6-4-3-5-7-18)19-10-8-17(9-11-19)24-20(27)12-13-21(28)25-22-23-14-15-29-22/h3-11,14-16H,12-13H2,1-2H3,(H,24,27)(H,23,25,28). The van der Waals surface area contributed by atoms with Crippen LogP contribution in [0.15, 0.2) is 66.2 Å². The highest BCUT2D eigenvalue weighted by Crippen LogP contribution is 2.28. The topological polar surface area (TPSA) is 74.3 Å². The number of anilines is 4. The van der Waals surface area contributed by atoms with Gasteiger partial charge in [0.2, 0.25) is 11.8 Å². The predicted molar refractivity (Wildman–Crippen MR) is 119 cm³/mol. The Morgan fingerprint density at radius 3 is 2.14 bits per heavy atom. The predicted octanol–water partition coefficient (Wildman–Crippen LogP) is 5.05. The maximum atomic E-state index is 12.2. The summed E-state index contributed by atoms with van der Waals surface area (Å²) in [6, 6.07) is 18.2. The van der Waals surface area contributed by atoms with Gasteiger partial charge in [0.1, 0.15) is 0 Å². The molecule has 6 nitrogen and oxygen atoms in total. The van der Waals surface area contributed by atoms with E-state index in [2.05, 4.69) is 46.5 Å². The third-order valence-corrected chi connectivity index (χ3v) is 4.93. The smallest absolute Gasteiger partial charge is 0.226 e. The van der Waals surface area contributed by atoms with Crippen molar-refractivity contribution in [3.05, 3.63) is 66.2 Å². The number of carbonyl (C=O) groups is 2. The number of benzene rings is 2. The molecule has 0 spiro atoms. The molecule has 29 heavy (non-hydrogen) atoms. The van der Waals surface area contributed by atoms with E-state index in [-0.39, 0.29) is 30.7 Å². The first-order valence-electron chi connectivity index (χ1n) is 9.46. The summed E-state index contributed by atoms with van der Waals surface area (Å²) in [5.74, 6) is -0.420. The molecule has 0 atom stereocenters. The van der Waals surface area contributed by atoms with Crippen LogP contribution >= 0.6 is 11.3 Å². The molecule has 0 bridgehead atoms. The number of carbonyl (C=O) groups excluding carboxylic acids is 2. The molecule has 0 saturated heterocycles. The molecule has 1 heterocycles. The molecule has 3 aromatic rings. The maximum Gasteiger partial charge on any atom is 0.226 e. The summed E-state index contributed by atoms with van der Waals surface area (Å²) < 4.78 is 0. The number of rotatable bonds is 8. The van der Waals surface area contributed by atoms with Crippen LogP contribution in [0.2, 0.25) is 0 Å². The Bertz CT molecular complexity index is 925. The van der Waals surface area contributed by atoms with Gasteiger partial charge in [-0.05, 0) is 50.2 Å². The number of nitrogens with one attached hydrogen (secondary N) is 2. The molecule has 0 radical (unpaired) electrons. The number of amides is 2. The Morgan fingerprint density at radius 2 is 1.55 bits per heavy atom. The molecule has 0 saturated carbocycles. The SMILES string of the molecule is CC(C)N(c1ccccc1)c1ccc(NC(=O)CCC(=O)Nc2nccs2)cc1. The molecule has 2 N–H and O–H groups in total. The van der Waals surface area contributed by atoms with E-state index in [0.29, 0.717) is 10.8 Å². The molecular weight excluding hydrogens is 384 g/mol. The van der Waals surface area contributed by atoms with Crippen molar-refractivity contribution in [2.24, 2.45) is 0 Å². The van der Waals surface area contributed by atoms with Crippen molar-refractivity contribution in [2.45, 2.75) is 32.7 Å². The van der Waals surface area contributed by atoms with Gasteiger partial charge in [0.15, 0.2) is 5.13 Å². The molecule has 150 valence electrons. The minimum absolute atomic E-state index is 0.110. The number of hydrogen-bond acceptors (Lipinski definition) is 5. The van der Waals surface area contributed by atoms with Crippen molar-refractivity contribution in [2.75, 3.05) is 15.5 Å². The van der Waals surface area contributed by atoms with Gasteiger partial charge >= 0.3 is 0 Å². The highest BCUT2D eigenvalue weighted by molar-refractivity contribution is 7.13. The van der Waals surface area contributed by atoms with E-state index in [0.717, 1.165) is 11.4 Å². The lowest BCUT2D eigenvalue weighted by molar-refractivity contribution is -0.121. The van der Waals surface area contributed by atoms with Crippen molar-refractivity contribution in [1.82, 2.24) is 4.98 Å². The van der Waals surface area contributed by atoms with Gasteiger partial charge in [-0.3, -0.25) is 9.59 Å². The van der Waals surface area contributed by atoms with E-state index in [1.54, 1.807) is 11.6 Å². The zero-order valence-corrected chi connectivity index (χ0v) is 17.3. The second-order valence-electron chi connectivity index (χ2n) is 6.78. The van der Waals surface area contributed by atoms with Crippen LogP contribution in [0, 0.1) is 0 Å². The van der Waals surface area contributed by atoms with Gasteiger partial charge < -0.3 is 15.5 Å². The van der Waals surface area contributed by atoms with Gasteiger partial charge in [-0.25, -0.2) is 4.98 Å². The Balaban J connectivity index is 1.55. The van der Waals surface area contributed by atoms with Crippen LogP contribution in [-0.4, -0.2) is 22.8 Å². The molecule has 2 amide bonds. The highest BCUT2D eigenvalue weighted by Gasteiger charge is 2.13. The van der Waals surface area contributed by atoms with Gasteiger partial charge in [-0.2, -0.15) is 0 Å². The fourth-order valence-electron chi connectivity index (χ4n) is 2.96. The van der Waals surface area contributed by atoms with Crippen LogP contribution in [-0.2, 0) is 9.59 Å². The Kier molecular flexibility index (Phi) is 6.97. The van der Waals surface area contributed by atoms with Crippen molar-refractivity contribution < 1.29 is 9.59 Å². The molecular formula is C22H24N4O2S. The van der Waals surface area contributed by atoms with Gasteiger partial charge in [0, 0.05) is 47.5 Å². The van der Waals surface area contributed by atoms with Crippen molar-refractivity contribution >= 4 is 45.3 Å². The van der Waals surface area contributed by atoms with Crippen LogP contribution in [0.1, 0.15) is 26.7 Å². The van der Waals surface area contributed by atoms with E-state index in [9.17, 15) is 9.59 Å². The fourth-order valence-corrected chi connectivity index (χ4v) is 3.50. The third kappa shape index (κ3) is 5.89. The zero-order valence-electron chi connectivity index (χ0n) is 16.5. The van der Waals surface area contributed by atoms with E-state index in [4.69, 9.17) is 0 Å². The monoisotopic (exact) mass is 408 g/mol. The average molecular weight is 409 g/mol. The van der Waals surface area contributed by atoms with Crippen LogP contribution < -0.4 is 15.5 Å². The summed E-state index contributed by atoms with van der Waals surface area (Å²) in [5.41, 5.74) is 2.87. The number of para-hydroxylation sites is 1. The third-order valence-electron chi connectivity index (χ3n) is 4.24. The van der Waals surface area contributed by atoms with Crippen molar-refractivity contribution in [1.29, 1.82) is 0 Å². The zero-order chi connectivity index (χ0) is 20.6. The van der Waals surface area contributed by atoms with E-state index in [1.807, 2.05) is 42.5 Å². The van der Waals surface area contributed by atoms with Crippen LogP contribution in [0.5, 0.6) is 0 Å². The summed E-state index contributed by atoms with van der Waals surface area (Å²) in [5, 5.41) is 7.83. The van der Waals surface area contributed by atoms with Crippen LogP contribution in [0.4, 0.5) is 22.2 Å². The van der Waals surface area contributed by atoms with E-state index in [1.165, 1.54) is 11.3 Å². The average Bonchev–Trinajstić information content (AvgIpc) is 3.21. The van der Waals surface area contributed by atoms with Crippen molar-refractivity contribution in [3.63, 3.8) is 0 Å². The van der Waals surface area contributed by atoms with Gasteiger partial charge in [0.05, 0.1) is 0 Å². The summed E-state index contributed by atoms with van der Waals surface area (Å²) in [6.07, 6.45) is 1.84. The van der Waals surface area contributed by atoms with Crippen LogP contribution in [0.3, 0.4) is 0 Å². The summed E-state index contributed by atoms with van der Waals surface area (Å²) in [4.78, 5) is 30.2. The first-order chi connectivity index (χ1) is 14.0. The lowest BCUT2D eigenvalue weighted by Gasteiger charge is -2.29. The first-order valence-corrected chi connectivity index (χ1v) is 10.3. The lowest BCUT2D eigenvalue weighted by Crippen LogP contribution is -2.25. The number of hydrogen-bond donors (Lipinski definition) is 2. The number of thiazole rings is 1. The molecule has 0 aliphatic carbocycles. The number of aromatic nitrogens is 1. The minimum atomic E-state index is -0.221. The second-order valence-corrected chi connectivity index (χ2v) is 7.67. The normalized spacial score (nSPS) is 10.6. The summed E-state index contributed by atoms with van der Waals surface area (Å²) >= 11 is 1.34. The Hall–Kier alpha value is -3.19.